The Hall–Kier alpha value is -2.08. The lowest BCUT2D eigenvalue weighted by Gasteiger charge is -2.08. The van der Waals surface area contributed by atoms with E-state index in [1.165, 1.54) is 0 Å². The van der Waals surface area contributed by atoms with Crippen molar-refractivity contribution < 1.29 is 19.4 Å². The number of aliphatic carboxylic acids is 1. The number of para-hydroxylation sites is 1. The highest BCUT2D eigenvalue weighted by Gasteiger charge is 2.17. The zero-order chi connectivity index (χ0) is 12.8. The molecular weight excluding hydrogens is 224 g/mol. The minimum absolute atomic E-state index is 0.0118. The number of ether oxygens (including phenoxy) is 1. The predicted molar refractivity (Wildman–Crippen MR) is 60.9 cm³/mol. The van der Waals surface area contributed by atoms with E-state index in [1.807, 2.05) is 0 Å². The van der Waals surface area contributed by atoms with Crippen molar-refractivity contribution in [3.05, 3.63) is 29.8 Å². The summed E-state index contributed by atoms with van der Waals surface area (Å²) in [4.78, 5) is 21.6. The van der Waals surface area contributed by atoms with Crippen molar-refractivity contribution in [1.29, 1.82) is 0 Å². The number of nitrogen functional groups attached to an aromatic ring is 1. The lowest BCUT2D eigenvalue weighted by Crippen LogP contribution is -2.33. The molecule has 0 aliphatic heterocycles. The van der Waals surface area contributed by atoms with Crippen molar-refractivity contribution in [2.24, 2.45) is 5.73 Å². The highest BCUT2D eigenvalue weighted by molar-refractivity contribution is 5.81. The summed E-state index contributed by atoms with van der Waals surface area (Å²) in [5, 5.41) is 8.51. The summed E-state index contributed by atoms with van der Waals surface area (Å²) in [5.74, 6) is -1.90. The number of hydrogen-bond acceptors (Lipinski definition) is 5. The van der Waals surface area contributed by atoms with Crippen LogP contribution in [0.4, 0.5) is 5.69 Å². The molecule has 1 aromatic carbocycles. The highest BCUT2D eigenvalue weighted by Crippen LogP contribution is 2.11. The maximum atomic E-state index is 11.2. The second-order valence-electron chi connectivity index (χ2n) is 3.51. The zero-order valence-corrected chi connectivity index (χ0v) is 9.13. The van der Waals surface area contributed by atoms with Gasteiger partial charge in [-0.3, -0.25) is 9.59 Å². The van der Waals surface area contributed by atoms with Gasteiger partial charge in [-0.05, 0) is 6.07 Å². The first kappa shape index (κ1) is 13.0. The van der Waals surface area contributed by atoms with Crippen LogP contribution in [0.3, 0.4) is 0 Å². The molecule has 0 amide bonds. The molecule has 92 valence electrons. The van der Waals surface area contributed by atoms with Crippen LogP contribution in [0, 0.1) is 0 Å². The van der Waals surface area contributed by atoms with Crippen molar-refractivity contribution in [3.8, 4) is 0 Å². The molecule has 0 saturated heterocycles. The standard InChI is InChI=1S/C11H14N2O4/c12-8-4-2-1-3-7(8)6-17-10(14)5-9(13)11(15)16/h1-4,9H,5-6,12-13H2,(H,15,16). The van der Waals surface area contributed by atoms with Crippen LogP contribution in [-0.4, -0.2) is 23.1 Å². The molecule has 5 N–H and O–H groups in total. The molecular formula is C11H14N2O4. The van der Waals surface area contributed by atoms with E-state index in [0.717, 1.165) is 0 Å². The fourth-order valence-electron chi connectivity index (χ4n) is 1.15. The third-order valence-electron chi connectivity index (χ3n) is 2.15. The van der Waals surface area contributed by atoms with Gasteiger partial charge in [0, 0.05) is 11.3 Å². The maximum Gasteiger partial charge on any atom is 0.321 e. The molecule has 1 rings (SSSR count). The fourth-order valence-corrected chi connectivity index (χ4v) is 1.15. The highest BCUT2D eigenvalue weighted by atomic mass is 16.5. The van der Waals surface area contributed by atoms with E-state index in [9.17, 15) is 9.59 Å². The number of carboxylic acid groups (broad SMARTS) is 1. The average molecular weight is 238 g/mol. The molecule has 0 bridgehead atoms. The van der Waals surface area contributed by atoms with Crippen molar-refractivity contribution in [3.63, 3.8) is 0 Å². The molecule has 1 unspecified atom stereocenters. The topological polar surface area (TPSA) is 116 Å². The normalized spacial score (nSPS) is 11.8. The number of rotatable bonds is 5. The molecule has 6 heteroatoms. The first-order valence-electron chi connectivity index (χ1n) is 4.98. The zero-order valence-electron chi connectivity index (χ0n) is 9.13. The summed E-state index contributed by atoms with van der Waals surface area (Å²) in [7, 11) is 0. The van der Waals surface area contributed by atoms with Crippen LogP contribution < -0.4 is 11.5 Å². The Bertz CT molecular complexity index is 420. The van der Waals surface area contributed by atoms with Gasteiger partial charge in [0.2, 0.25) is 0 Å². The van der Waals surface area contributed by atoms with E-state index in [2.05, 4.69) is 0 Å². The molecule has 6 nitrogen and oxygen atoms in total. The van der Waals surface area contributed by atoms with E-state index in [4.69, 9.17) is 21.3 Å². The summed E-state index contributed by atoms with van der Waals surface area (Å²) >= 11 is 0. The van der Waals surface area contributed by atoms with Gasteiger partial charge in [0.1, 0.15) is 12.6 Å². The third kappa shape index (κ3) is 4.12. The summed E-state index contributed by atoms with van der Waals surface area (Å²) in [6, 6.07) is 5.70. The minimum Gasteiger partial charge on any atom is -0.480 e. The van der Waals surface area contributed by atoms with Gasteiger partial charge in [-0.1, -0.05) is 18.2 Å². The van der Waals surface area contributed by atoms with Gasteiger partial charge < -0.3 is 21.3 Å². The molecule has 0 aliphatic carbocycles. The SMILES string of the molecule is Nc1ccccc1COC(=O)CC(N)C(=O)O. The lowest BCUT2D eigenvalue weighted by molar-refractivity contribution is -0.149. The molecule has 0 heterocycles. The molecule has 1 atom stereocenters. The largest absolute Gasteiger partial charge is 0.480 e. The maximum absolute atomic E-state index is 11.2. The van der Waals surface area contributed by atoms with E-state index >= 15 is 0 Å². The number of anilines is 1. The van der Waals surface area contributed by atoms with E-state index in [-0.39, 0.29) is 13.0 Å². The Morgan fingerprint density at radius 2 is 2.00 bits per heavy atom. The van der Waals surface area contributed by atoms with Gasteiger partial charge in [-0.25, -0.2) is 0 Å². The van der Waals surface area contributed by atoms with Crippen molar-refractivity contribution >= 4 is 17.6 Å². The van der Waals surface area contributed by atoms with Crippen LogP contribution in [0.25, 0.3) is 0 Å². The Kier molecular flexibility index (Phi) is 4.47. The second kappa shape index (κ2) is 5.86. The Morgan fingerprint density at radius 1 is 1.35 bits per heavy atom. The quantitative estimate of drug-likeness (QED) is 0.495. The smallest absolute Gasteiger partial charge is 0.321 e. The number of hydrogen-bond donors (Lipinski definition) is 3. The molecule has 17 heavy (non-hydrogen) atoms. The monoisotopic (exact) mass is 238 g/mol. The van der Waals surface area contributed by atoms with Gasteiger partial charge in [-0.15, -0.1) is 0 Å². The second-order valence-corrected chi connectivity index (χ2v) is 3.51. The molecule has 0 radical (unpaired) electrons. The van der Waals surface area contributed by atoms with Crippen LogP contribution in [0.15, 0.2) is 24.3 Å². The molecule has 1 aromatic rings. The summed E-state index contributed by atoms with van der Waals surface area (Å²) in [5.41, 5.74) is 12.0. The molecule has 0 aromatic heterocycles. The fraction of sp³-hybridized carbons (Fsp3) is 0.273. The van der Waals surface area contributed by atoms with Gasteiger partial charge in [0.05, 0.1) is 6.42 Å². The van der Waals surface area contributed by atoms with Crippen molar-refractivity contribution in [1.82, 2.24) is 0 Å². The van der Waals surface area contributed by atoms with E-state index in [0.29, 0.717) is 11.3 Å². The predicted octanol–water partition coefficient (Wildman–Crippen LogP) is 0.114. The Balaban J connectivity index is 2.44. The summed E-state index contributed by atoms with van der Waals surface area (Å²) in [6.07, 6.45) is -0.359. The summed E-state index contributed by atoms with van der Waals surface area (Å²) < 4.78 is 4.87. The number of benzene rings is 1. The number of carbonyl (C=O) groups excluding carboxylic acids is 1. The van der Waals surface area contributed by atoms with Crippen LogP contribution in [0.2, 0.25) is 0 Å². The van der Waals surface area contributed by atoms with Crippen LogP contribution in [-0.2, 0) is 20.9 Å². The molecule has 0 saturated carbocycles. The van der Waals surface area contributed by atoms with Gasteiger partial charge in [-0.2, -0.15) is 0 Å². The van der Waals surface area contributed by atoms with E-state index < -0.39 is 18.0 Å². The van der Waals surface area contributed by atoms with Gasteiger partial charge in [0.25, 0.3) is 0 Å². The number of esters is 1. The molecule has 0 aliphatic rings. The van der Waals surface area contributed by atoms with Gasteiger partial charge >= 0.3 is 11.9 Å². The first-order valence-corrected chi connectivity index (χ1v) is 4.98. The van der Waals surface area contributed by atoms with Crippen molar-refractivity contribution in [2.45, 2.75) is 19.1 Å². The number of nitrogens with two attached hydrogens (primary N) is 2. The first-order chi connectivity index (χ1) is 8.00. The lowest BCUT2D eigenvalue weighted by atomic mass is 10.2. The van der Waals surface area contributed by atoms with Crippen LogP contribution >= 0.6 is 0 Å². The Morgan fingerprint density at radius 3 is 2.59 bits per heavy atom. The third-order valence-corrected chi connectivity index (χ3v) is 2.15. The summed E-state index contributed by atoms with van der Waals surface area (Å²) in [6.45, 7) is 0.0118. The van der Waals surface area contributed by atoms with Crippen LogP contribution in [0.1, 0.15) is 12.0 Å². The van der Waals surface area contributed by atoms with Crippen LogP contribution in [0.5, 0.6) is 0 Å². The Labute approximate surface area is 98.2 Å². The molecule has 0 spiro atoms. The van der Waals surface area contributed by atoms with Gasteiger partial charge in [0.15, 0.2) is 0 Å². The number of carbonyl (C=O) groups is 2. The minimum atomic E-state index is -1.24. The number of carboxylic acids is 1. The molecule has 0 fully saturated rings. The van der Waals surface area contributed by atoms with Crippen molar-refractivity contribution in [2.75, 3.05) is 5.73 Å². The van der Waals surface area contributed by atoms with E-state index in [1.54, 1.807) is 24.3 Å². The average Bonchev–Trinajstić information content (AvgIpc) is 2.27.